The van der Waals surface area contributed by atoms with Gasteiger partial charge < -0.3 is 15.4 Å². The van der Waals surface area contributed by atoms with Crippen LogP contribution in [-0.4, -0.2) is 35.4 Å². The molecule has 0 radical (unpaired) electrons. The Labute approximate surface area is 149 Å². The zero-order valence-corrected chi connectivity index (χ0v) is 14.1. The highest BCUT2D eigenvalue weighted by Gasteiger charge is 2.55. The van der Waals surface area contributed by atoms with Gasteiger partial charge in [-0.2, -0.15) is 5.26 Å². The zero-order valence-electron chi connectivity index (χ0n) is 13.3. The van der Waals surface area contributed by atoms with Crippen LogP contribution in [0.15, 0.2) is 36.4 Å². The van der Waals surface area contributed by atoms with Crippen LogP contribution < -0.4 is 10.6 Å². The molecule has 1 heterocycles. The Morgan fingerprint density at radius 3 is 2.68 bits per heavy atom. The minimum Gasteiger partial charge on any atom is -0.467 e. The van der Waals surface area contributed by atoms with Crippen molar-refractivity contribution in [1.29, 1.82) is 5.26 Å². The van der Waals surface area contributed by atoms with Crippen LogP contribution >= 0.6 is 12.2 Å². The molecule has 0 aromatic heterocycles. The Bertz CT molecular complexity index is 785. The number of hydrogen-bond donors (Lipinski definition) is 2. The Morgan fingerprint density at radius 1 is 1.40 bits per heavy atom. The van der Waals surface area contributed by atoms with E-state index in [9.17, 15) is 19.6 Å². The number of thiocarbonyl (C=S) groups is 1. The third kappa shape index (κ3) is 3.89. The summed E-state index contributed by atoms with van der Waals surface area (Å²) in [6, 6.07) is 10.8. The second-order valence-electron chi connectivity index (χ2n) is 5.36. The van der Waals surface area contributed by atoms with Crippen molar-refractivity contribution in [3.8, 4) is 6.07 Å². The predicted molar refractivity (Wildman–Crippen MR) is 92.8 cm³/mol. The first-order chi connectivity index (χ1) is 11.9. The van der Waals surface area contributed by atoms with E-state index in [0.717, 1.165) is 12.7 Å². The van der Waals surface area contributed by atoms with Gasteiger partial charge in [0.05, 0.1) is 13.2 Å². The molecule has 7 nitrogen and oxygen atoms in total. The van der Waals surface area contributed by atoms with Gasteiger partial charge in [0, 0.05) is 6.42 Å². The molecular formula is C17H15N3O4S. The highest BCUT2D eigenvalue weighted by molar-refractivity contribution is 7.80. The van der Waals surface area contributed by atoms with Gasteiger partial charge in [-0.05, 0) is 23.9 Å². The summed E-state index contributed by atoms with van der Waals surface area (Å²) in [5.41, 5.74) is -1.06. The number of benzene rings is 1. The lowest BCUT2D eigenvalue weighted by Gasteiger charge is -2.38. The molecule has 1 aromatic carbocycles. The van der Waals surface area contributed by atoms with Crippen molar-refractivity contribution in [3.63, 3.8) is 0 Å². The number of allylic oxidation sites excluding steroid dienone is 1. The standard InChI is InChI=1S/C17H15N3O4S/c1-24-15(23)17(13(10-18)14(22)19-16(25)20-17)9-12(21)8-7-11-5-3-2-4-6-11/h2-8,13H,9H2,1H3,(H2,19,20,22,25)/b8-7+/t13-,17+/m1/s1. The Hall–Kier alpha value is -3.05. The lowest BCUT2D eigenvalue weighted by Crippen LogP contribution is -2.70. The molecule has 2 rings (SSSR count). The van der Waals surface area contributed by atoms with Crippen LogP contribution in [0, 0.1) is 17.2 Å². The predicted octanol–water partition coefficient (Wildman–Crippen LogP) is 0.715. The quantitative estimate of drug-likeness (QED) is 0.454. The minimum absolute atomic E-state index is 0.137. The van der Waals surface area contributed by atoms with E-state index in [1.807, 2.05) is 18.2 Å². The maximum Gasteiger partial charge on any atom is 0.334 e. The number of methoxy groups -OCH3 is 1. The Kier molecular flexibility index (Phi) is 5.62. The number of carbonyl (C=O) groups is 3. The first-order valence-electron chi connectivity index (χ1n) is 7.30. The molecule has 1 fully saturated rings. The van der Waals surface area contributed by atoms with E-state index >= 15 is 0 Å². The number of carbonyl (C=O) groups excluding carboxylic acids is 3. The number of rotatable bonds is 5. The maximum atomic E-state index is 12.4. The molecule has 0 unspecified atom stereocenters. The summed E-state index contributed by atoms with van der Waals surface area (Å²) in [5.74, 6) is -3.57. The number of ketones is 1. The molecule has 8 heteroatoms. The van der Waals surface area contributed by atoms with Crippen LogP contribution in [0.1, 0.15) is 12.0 Å². The second kappa shape index (κ2) is 7.68. The molecule has 1 aliphatic heterocycles. The number of nitriles is 1. The van der Waals surface area contributed by atoms with E-state index in [0.29, 0.717) is 0 Å². The molecule has 2 N–H and O–H groups in total. The van der Waals surface area contributed by atoms with Crippen molar-refractivity contribution in [1.82, 2.24) is 10.6 Å². The van der Waals surface area contributed by atoms with E-state index in [2.05, 4.69) is 10.6 Å². The minimum atomic E-state index is -1.86. The van der Waals surface area contributed by atoms with Crippen LogP contribution in [0.3, 0.4) is 0 Å². The molecule has 0 aliphatic carbocycles. The topological polar surface area (TPSA) is 108 Å². The highest BCUT2D eigenvalue weighted by Crippen LogP contribution is 2.27. The summed E-state index contributed by atoms with van der Waals surface area (Å²) in [4.78, 5) is 36.7. The van der Waals surface area contributed by atoms with Crippen LogP contribution in [0.5, 0.6) is 0 Å². The van der Waals surface area contributed by atoms with Crippen LogP contribution in [0.2, 0.25) is 0 Å². The average Bonchev–Trinajstić information content (AvgIpc) is 2.59. The fourth-order valence-corrected chi connectivity index (χ4v) is 2.82. The molecule has 0 saturated carbocycles. The summed E-state index contributed by atoms with van der Waals surface area (Å²) < 4.78 is 4.72. The first kappa shape index (κ1) is 18.3. The van der Waals surface area contributed by atoms with Gasteiger partial charge in [0.25, 0.3) is 0 Å². The van der Waals surface area contributed by atoms with Gasteiger partial charge in [-0.1, -0.05) is 36.4 Å². The molecule has 1 amide bonds. The van der Waals surface area contributed by atoms with Crippen molar-refractivity contribution in [2.75, 3.05) is 7.11 Å². The number of amides is 1. The van der Waals surface area contributed by atoms with Gasteiger partial charge in [0.15, 0.2) is 22.4 Å². The number of hydrogen-bond acceptors (Lipinski definition) is 6. The van der Waals surface area contributed by atoms with Gasteiger partial charge >= 0.3 is 5.97 Å². The molecule has 1 saturated heterocycles. The van der Waals surface area contributed by atoms with Gasteiger partial charge in [0.1, 0.15) is 0 Å². The maximum absolute atomic E-state index is 12.4. The number of nitrogens with zero attached hydrogens (tertiary/aromatic N) is 1. The van der Waals surface area contributed by atoms with Gasteiger partial charge in [-0.15, -0.1) is 0 Å². The summed E-state index contributed by atoms with van der Waals surface area (Å²) in [5, 5.41) is 14.0. The SMILES string of the molecule is COC(=O)[C@@]1(CC(=O)/C=C/c2ccccc2)NC(=S)NC(=O)[C@H]1C#N. The summed E-state index contributed by atoms with van der Waals surface area (Å²) in [6.45, 7) is 0. The monoisotopic (exact) mass is 357 g/mol. The third-order valence-electron chi connectivity index (χ3n) is 3.72. The summed E-state index contributed by atoms with van der Waals surface area (Å²) in [7, 11) is 1.11. The molecule has 1 aromatic rings. The van der Waals surface area contributed by atoms with Crippen molar-refractivity contribution in [3.05, 3.63) is 42.0 Å². The molecule has 2 atom stereocenters. The Morgan fingerprint density at radius 2 is 2.08 bits per heavy atom. The van der Waals surface area contributed by atoms with E-state index < -0.39 is 35.5 Å². The lowest BCUT2D eigenvalue weighted by molar-refractivity contribution is -0.154. The second-order valence-corrected chi connectivity index (χ2v) is 5.76. The molecule has 1 aliphatic rings. The van der Waals surface area contributed by atoms with E-state index in [-0.39, 0.29) is 5.11 Å². The normalized spacial score (nSPS) is 22.6. The number of esters is 1. The van der Waals surface area contributed by atoms with Crippen molar-refractivity contribution in [2.24, 2.45) is 5.92 Å². The van der Waals surface area contributed by atoms with Crippen molar-refractivity contribution < 1.29 is 19.1 Å². The number of ether oxygens (including phenoxy) is 1. The average molecular weight is 357 g/mol. The molecular weight excluding hydrogens is 342 g/mol. The summed E-state index contributed by atoms with van der Waals surface area (Å²) in [6.07, 6.45) is 2.41. The summed E-state index contributed by atoms with van der Waals surface area (Å²) >= 11 is 4.90. The van der Waals surface area contributed by atoms with E-state index in [1.165, 1.54) is 6.08 Å². The fraction of sp³-hybridized carbons (Fsp3) is 0.235. The molecule has 25 heavy (non-hydrogen) atoms. The lowest BCUT2D eigenvalue weighted by atomic mass is 9.78. The van der Waals surface area contributed by atoms with Crippen molar-refractivity contribution in [2.45, 2.75) is 12.0 Å². The van der Waals surface area contributed by atoms with Crippen LogP contribution in [0.4, 0.5) is 0 Å². The molecule has 0 bridgehead atoms. The van der Waals surface area contributed by atoms with Gasteiger partial charge in [-0.3, -0.25) is 9.59 Å². The van der Waals surface area contributed by atoms with E-state index in [4.69, 9.17) is 17.0 Å². The van der Waals surface area contributed by atoms with Crippen molar-refractivity contribution >= 4 is 41.1 Å². The van der Waals surface area contributed by atoms with Crippen LogP contribution in [0.25, 0.3) is 6.08 Å². The Balaban J connectivity index is 2.31. The fourth-order valence-electron chi connectivity index (χ4n) is 2.54. The zero-order chi connectivity index (χ0) is 18.4. The molecule has 128 valence electrons. The van der Waals surface area contributed by atoms with Gasteiger partial charge in [-0.25, -0.2) is 4.79 Å². The van der Waals surface area contributed by atoms with Crippen LogP contribution in [-0.2, 0) is 19.1 Å². The number of nitrogens with one attached hydrogen (secondary N) is 2. The first-order valence-corrected chi connectivity index (χ1v) is 7.71. The van der Waals surface area contributed by atoms with Gasteiger partial charge in [0.2, 0.25) is 5.91 Å². The largest absolute Gasteiger partial charge is 0.467 e. The third-order valence-corrected chi connectivity index (χ3v) is 3.93. The molecule has 0 spiro atoms. The smallest absolute Gasteiger partial charge is 0.334 e. The highest BCUT2D eigenvalue weighted by atomic mass is 32.1. The van der Waals surface area contributed by atoms with E-state index in [1.54, 1.807) is 24.3 Å².